The summed E-state index contributed by atoms with van der Waals surface area (Å²) in [6.07, 6.45) is 1.55. The lowest BCUT2D eigenvalue weighted by Gasteiger charge is -2.19. The van der Waals surface area contributed by atoms with Crippen molar-refractivity contribution in [3.05, 3.63) is 54.2 Å². The van der Waals surface area contributed by atoms with Crippen LogP contribution in [-0.2, 0) is 0 Å². The molecule has 0 unspecified atom stereocenters. The average Bonchev–Trinajstić information content (AvgIpc) is 2.50. The maximum absolute atomic E-state index is 12.0. The zero-order valence-electron chi connectivity index (χ0n) is 11.7. The minimum Gasteiger partial charge on any atom is -0.423 e. The zero-order valence-corrected chi connectivity index (χ0v) is 11.7. The Bertz CT molecular complexity index is 548. The van der Waals surface area contributed by atoms with Gasteiger partial charge in [0.1, 0.15) is 11.6 Å². The monoisotopic (exact) mass is 270 g/mol. The van der Waals surface area contributed by atoms with Crippen molar-refractivity contribution in [3.63, 3.8) is 0 Å². The largest absolute Gasteiger partial charge is 0.423 e. The number of rotatable bonds is 5. The van der Waals surface area contributed by atoms with Gasteiger partial charge in [-0.3, -0.25) is 0 Å². The molecule has 0 saturated carbocycles. The third-order valence-electron chi connectivity index (χ3n) is 3.02. The number of nitrogens with zero attached hydrogens (tertiary/aromatic N) is 2. The second-order valence-electron chi connectivity index (χ2n) is 4.28. The van der Waals surface area contributed by atoms with E-state index in [0.717, 1.165) is 18.9 Å². The van der Waals surface area contributed by atoms with Crippen molar-refractivity contribution in [2.45, 2.75) is 13.8 Å². The van der Waals surface area contributed by atoms with Gasteiger partial charge in [-0.15, -0.1) is 0 Å². The summed E-state index contributed by atoms with van der Waals surface area (Å²) >= 11 is 0. The van der Waals surface area contributed by atoms with E-state index in [1.165, 1.54) is 0 Å². The lowest BCUT2D eigenvalue weighted by Crippen LogP contribution is -2.23. The molecular formula is C16H18N2O2. The Morgan fingerprint density at radius 2 is 1.80 bits per heavy atom. The quantitative estimate of drug-likeness (QED) is 0.618. The van der Waals surface area contributed by atoms with Crippen molar-refractivity contribution in [1.82, 2.24) is 4.98 Å². The van der Waals surface area contributed by atoms with Gasteiger partial charge in [0.25, 0.3) is 0 Å². The predicted molar refractivity (Wildman–Crippen MR) is 79.2 cm³/mol. The fourth-order valence-electron chi connectivity index (χ4n) is 1.90. The predicted octanol–water partition coefficient (Wildman–Crippen LogP) is 3.15. The lowest BCUT2D eigenvalue weighted by molar-refractivity contribution is 0.0734. The summed E-state index contributed by atoms with van der Waals surface area (Å²) in [4.78, 5) is 18.4. The van der Waals surface area contributed by atoms with Crippen LogP contribution >= 0.6 is 0 Å². The molecule has 20 heavy (non-hydrogen) atoms. The van der Waals surface area contributed by atoms with Gasteiger partial charge in [0.2, 0.25) is 0 Å². The Kier molecular flexibility index (Phi) is 4.71. The van der Waals surface area contributed by atoms with Crippen molar-refractivity contribution in [2.75, 3.05) is 18.0 Å². The molecule has 4 heteroatoms. The molecule has 0 aliphatic heterocycles. The number of para-hydroxylation sites is 1. The maximum Gasteiger partial charge on any atom is 0.345 e. The van der Waals surface area contributed by atoms with E-state index in [1.807, 2.05) is 24.3 Å². The molecule has 0 aliphatic carbocycles. The number of aromatic nitrogens is 1. The number of carbonyl (C=O) groups is 1. The Balaban J connectivity index is 2.08. The highest BCUT2D eigenvalue weighted by atomic mass is 16.5. The molecule has 0 saturated heterocycles. The SMILES string of the molecule is CCN(CC)c1ccc(C(=O)Oc2ccccc2)cn1. The first-order chi connectivity index (χ1) is 9.74. The van der Waals surface area contributed by atoms with Crippen LogP contribution in [0.5, 0.6) is 5.75 Å². The van der Waals surface area contributed by atoms with Crippen molar-refractivity contribution in [1.29, 1.82) is 0 Å². The molecule has 104 valence electrons. The number of hydrogen-bond acceptors (Lipinski definition) is 4. The first-order valence-electron chi connectivity index (χ1n) is 6.72. The van der Waals surface area contributed by atoms with E-state index < -0.39 is 5.97 Å². The van der Waals surface area contributed by atoms with Crippen molar-refractivity contribution < 1.29 is 9.53 Å². The number of esters is 1. The molecule has 0 spiro atoms. The van der Waals surface area contributed by atoms with Gasteiger partial charge in [0.05, 0.1) is 5.56 Å². The molecule has 0 atom stereocenters. The van der Waals surface area contributed by atoms with Crippen molar-refractivity contribution in [3.8, 4) is 5.75 Å². The van der Waals surface area contributed by atoms with E-state index in [9.17, 15) is 4.79 Å². The highest BCUT2D eigenvalue weighted by Crippen LogP contribution is 2.14. The summed E-state index contributed by atoms with van der Waals surface area (Å²) in [5.74, 6) is 1.01. The second kappa shape index (κ2) is 6.70. The number of anilines is 1. The van der Waals surface area contributed by atoms with Crippen molar-refractivity contribution in [2.24, 2.45) is 0 Å². The molecule has 1 aromatic heterocycles. The minimum absolute atomic E-state index is 0.394. The van der Waals surface area contributed by atoms with Crippen LogP contribution in [0, 0.1) is 0 Å². The minimum atomic E-state index is -0.394. The fourth-order valence-corrected chi connectivity index (χ4v) is 1.90. The number of pyridine rings is 1. The van der Waals surface area contributed by atoms with E-state index in [0.29, 0.717) is 11.3 Å². The summed E-state index contributed by atoms with van der Waals surface area (Å²) in [5.41, 5.74) is 0.449. The van der Waals surface area contributed by atoms with Crippen LogP contribution in [0.15, 0.2) is 48.7 Å². The van der Waals surface area contributed by atoms with Gasteiger partial charge in [-0.25, -0.2) is 9.78 Å². The molecule has 2 rings (SSSR count). The Morgan fingerprint density at radius 1 is 1.10 bits per heavy atom. The Hall–Kier alpha value is -2.36. The molecule has 1 heterocycles. The van der Waals surface area contributed by atoms with Crippen molar-refractivity contribution >= 4 is 11.8 Å². The summed E-state index contributed by atoms with van der Waals surface area (Å²) in [6, 6.07) is 12.6. The van der Waals surface area contributed by atoms with E-state index in [2.05, 4.69) is 23.7 Å². The Labute approximate surface area is 119 Å². The van der Waals surface area contributed by atoms with Gasteiger partial charge in [-0.1, -0.05) is 18.2 Å². The summed E-state index contributed by atoms with van der Waals surface area (Å²) in [6.45, 7) is 5.92. The van der Waals surface area contributed by atoms with Crippen LogP contribution in [0.2, 0.25) is 0 Å². The van der Waals surface area contributed by atoms with Gasteiger partial charge in [0, 0.05) is 19.3 Å². The van der Waals surface area contributed by atoms with Gasteiger partial charge >= 0.3 is 5.97 Å². The lowest BCUT2D eigenvalue weighted by atomic mass is 10.2. The number of hydrogen-bond donors (Lipinski definition) is 0. The van der Waals surface area contributed by atoms with Gasteiger partial charge in [0.15, 0.2) is 0 Å². The molecule has 4 nitrogen and oxygen atoms in total. The first kappa shape index (κ1) is 14.1. The van der Waals surface area contributed by atoms with Gasteiger partial charge in [-0.05, 0) is 38.1 Å². The van der Waals surface area contributed by atoms with Crippen LogP contribution in [0.3, 0.4) is 0 Å². The maximum atomic E-state index is 12.0. The van der Waals surface area contributed by atoms with Crippen LogP contribution in [-0.4, -0.2) is 24.0 Å². The number of carbonyl (C=O) groups excluding carboxylic acids is 1. The van der Waals surface area contributed by atoms with E-state index in [4.69, 9.17) is 4.74 Å². The number of ether oxygens (including phenoxy) is 1. The van der Waals surface area contributed by atoms with E-state index in [-0.39, 0.29) is 0 Å². The van der Waals surface area contributed by atoms with Crippen LogP contribution in [0.1, 0.15) is 24.2 Å². The fraction of sp³-hybridized carbons (Fsp3) is 0.250. The number of benzene rings is 1. The van der Waals surface area contributed by atoms with Crippen LogP contribution in [0.25, 0.3) is 0 Å². The molecule has 0 bridgehead atoms. The third kappa shape index (κ3) is 3.35. The molecule has 0 fully saturated rings. The summed E-state index contributed by atoms with van der Waals surface area (Å²) in [7, 11) is 0. The molecule has 0 aliphatic rings. The topological polar surface area (TPSA) is 42.4 Å². The standard InChI is InChI=1S/C16H18N2O2/c1-3-18(4-2)15-11-10-13(12-17-15)16(19)20-14-8-6-5-7-9-14/h5-12H,3-4H2,1-2H3. The zero-order chi connectivity index (χ0) is 14.4. The molecule has 0 N–H and O–H groups in total. The second-order valence-corrected chi connectivity index (χ2v) is 4.28. The molecule has 0 radical (unpaired) electrons. The third-order valence-corrected chi connectivity index (χ3v) is 3.02. The summed E-state index contributed by atoms with van der Waals surface area (Å²) < 4.78 is 5.26. The van der Waals surface area contributed by atoms with E-state index >= 15 is 0 Å². The van der Waals surface area contributed by atoms with E-state index in [1.54, 1.807) is 24.4 Å². The molecule has 2 aromatic rings. The van der Waals surface area contributed by atoms with Crippen LogP contribution < -0.4 is 9.64 Å². The summed E-state index contributed by atoms with van der Waals surface area (Å²) in [5, 5.41) is 0. The Morgan fingerprint density at radius 3 is 2.35 bits per heavy atom. The average molecular weight is 270 g/mol. The normalized spacial score (nSPS) is 10.1. The van der Waals surface area contributed by atoms with Gasteiger partial charge in [-0.2, -0.15) is 0 Å². The van der Waals surface area contributed by atoms with Gasteiger partial charge < -0.3 is 9.64 Å². The first-order valence-corrected chi connectivity index (χ1v) is 6.72. The highest BCUT2D eigenvalue weighted by molar-refractivity contribution is 5.90. The molecule has 0 amide bonds. The molecule has 1 aromatic carbocycles. The van der Waals surface area contributed by atoms with Crippen LogP contribution in [0.4, 0.5) is 5.82 Å². The smallest absolute Gasteiger partial charge is 0.345 e. The molecular weight excluding hydrogens is 252 g/mol. The highest BCUT2D eigenvalue weighted by Gasteiger charge is 2.10.